The number of allylic oxidation sites excluding steroid dienone is 2. The minimum atomic E-state index is -2.37. The smallest absolute Gasteiger partial charge is 0.250 e. The number of ether oxygens (including phenoxy) is 1. The van der Waals surface area contributed by atoms with Crippen molar-refractivity contribution in [1.82, 2.24) is 16.0 Å². The van der Waals surface area contributed by atoms with Gasteiger partial charge in [-0.1, -0.05) is 43.3 Å². The summed E-state index contributed by atoms with van der Waals surface area (Å²) in [6.07, 6.45) is 4.34. The van der Waals surface area contributed by atoms with Crippen LogP contribution in [0.5, 0.6) is 5.75 Å². The molecule has 2 aromatic rings. The van der Waals surface area contributed by atoms with E-state index in [2.05, 4.69) is 16.0 Å². The summed E-state index contributed by atoms with van der Waals surface area (Å²) >= 11 is 1.46. The number of nitrogens with zero attached hydrogens (tertiary/aromatic N) is 1. The third-order valence-corrected chi connectivity index (χ3v) is 9.65. The van der Waals surface area contributed by atoms with Crippen molar-refractivity contribution in [2.75, 3.05) is 37.5 Å². The third-order valence-electron chi connectivity index (χ3n) is 7.75. The molecule has 0 fully saturated rings. The van der Waals surface area contributed by atoms with Gasteiger partial charge in [-0.15, -0.1) is 11.8 Å². The Morgan fingerprint density at radius 1 is 1.20 bits per heavy atom. The Kier molecular flexibility index (Phi) is 12.2. The molecular formula is C33H42N4O7S2. The van der Waals surface area contributed by atoms with Crippen LogP contribution in [-0.2, 0) is 26.4 Å². The average molecular weight is 671 g/mol. The van der Waals surface area contributed by atoms with Crippen LogP contribution in [0, 0.1) is 0 Å². The number of rotatable bonds is 13. The predicted octanol–water partition coefficient (Wildman–Crippen LogP) is 1.91. The van der Waals surface area contributed by atoms with E-state index < -0.39 is 34.0 Å². The molecule has 3 atom stereocenters. The SMILES string of the molecule is CCNC1C(c2ccc(CN3C(=O)[C@H](NC(=O)CC(C)(C)NC[C@H](O)CO)CSc4cc(OC)ccc43)cc2)=CC=CC1=S(=O)=O. The van der Waals surface area contributed by atoms with Gasteiger partial charge >= 0.3 is 0 Å². The lowest BCUT2D eigenvalue weighted by Crippen LogP contribution is -2.52. The highest BCUT2D eigenvalue weighted by atomic mass is 32.2. The number of thioether (sulfide) groups is 1. The first-order chi connectivity index (χ1) is 22.0. The number of hydrogen-bond donors (Lipinski definition) is 5. The fraction of sp³-hybridized carbons (Fsp3) is 0.424. The van der Waals surface area contributed by atoms with Gasteiger partial charge < -0.3 is 35.8 Å². The zero-order chi connectivity index (χ0) is 33.4. The Labute approximate surface area is 275 Å². The largest absolute Gasteiger partial charge is 0.497 e. The number of fused-ring (bicyclic) bond motifs is 1. The van der Waals surface area contributed by atoms with E-state index in [-0.39, 0.29) is 42.8 Å². The number of β-amino-alcohol motifs (C(OH)–C–C–N with tert-alkyl or cyclic N) is 1. The third kappa shape index (κ3) is 8.87. The number of amides is 2. The molecule has 248 valence electrons. The molecule has 2 amide bonds. The van der Waals surface area contributed by atoms with Crippen molar-refractivity contribution in [1.29, 1.82) is 0 Å². The Morgan fingerprint density at radius 2 is 1.93 bits per heavy atom. The molecule has 1 heterocycles. The molecule has 4 rings (SSSR count). The van der Waals surface area contributed by atoms with E-state index >= 15 is 0 Å². The highest BCUT2D eigenvalue weighted by molar-refractivity contribution is 7.99. The lowest BCUT2D eigenvalue weighted by Gasteiger charge is -2.29. The molecule has 1 aliphatic heterocycles. The molecular weight excluding hydrogens is 629 g/mol. The van der Waals surface area contributed by atoms with E-state index in [9.17, 15) is 23.1 Å². The minimum Gasteiger partial charge on any atom is -0.497 e. The summed E-state index contributed by atoms with van der Waals surface area (Å²) in [7, 11) is -0.783. The second-order valence-corrected chi connectivity index (χ2v) is 13.8. The molecule has 2 aliphatic rings. The molecule has 0 saturated heterocycles. The first-order valence-electron chi connectivity index (χ1n) is 15.1. The summed E-state index contributed by atoms with van der Waals surface area (Å²) in [6, 6.07) is 11.9. The second-order valence-electron chi connectivity index (χ2n) is 11.8. The number of methoxy groups -OCH3 is 1. The van der Waals surface area contributed by atoms with Crippen molar-refractivity contribution in [2.24, 2.45) is 0 Å². The van der Waals surface area contributed by atoms with E-state index in [0.717, 1.165) is 21.6 Å². The Hall–Kier alpha value is -3.46. The summed E-state index contributed by atoms with van der Waals surface area (Å²) in [6.45, 7) is 6.13. The Morgan fingerprint density at radius 3 is 2.59 bits per heavy atom. The number of hydrogen-bond acceptors (Lipinski definition) is 10. The molecule has 1 unspecified atom stereocenters. The molecule has 13 heteroatoms. The predicted molar refractivity (Wildman–Crippen MR) is 182 cm³/mol. The second kappa shape index (κ2) is 15.9. The van der Waals surface area contributed by atoms with Crippen LogP contribution >= 0.6 is 11.8 Å². The van der Waals surface area contributed by atoms with Gasteiger partial charge in [-0.25, -0.2) is 0 Å². The van der Waals surface area contributed by atoms with Gasteiger partial charge in [0.2, 0.25) is 16.2 Å². The van der Waals surface area contributed by atoms with Crippen LogP contribution in [0.15, 0.2) is 65.6 Å². The lowest BCUT2D eigenvalue weighted by atomic mass is 9.91. The first kappa shape index (κ1) is 35.4. The first-order valence-corrected chi connectivity index (χ1v) is 17.1. The van der Waals surface area contributed by atoms with Crippen molar-refractivity contribution in [3.05, 3.63) is 71.8 Å². The number of nitrogens with one attached hydrogen (secondary N) is 3. The van der Waals surface area contributed by atoms with Crippen molar-refractivity contribution in [3.8, 4) is 5.75 Å². The zero-order valence-electron chi connectivity index (χ0n) is 26.4. The van der Waals surface area contributed by atoms with Gasteiger partial charge in [-0.05, 0) is 61.4 Å². The molecule has 5 N–H and O–H groups in total. The standard InChI is InChI=1S/C33H42N4O7S2/c1-5-34-31-25(7-6-8-29(31)46(42)43)22-11-9-21(10-12-22)18-37-27-14-13-24(44-4)15-28(27)45-20-26(32(37)41)36-30(40)16-33(2,3)35-17-23(39)19-38/h6-15,23,26,31,34-35,38-39H,5,16-20H2,1-4H3,(H,36,40)/t23-,26+,31?/m0/s1. The van der Waals surface area contributed by atoms with E-state index in [0.29, 0.717) is 23.7 Å². The maximum Gasteiger partial charge on any atom is 0.250 e. The average Bonchev–Trinajstić information content (AvgIpc) is 3.15. The van der Waals surface area contributed by atoms with Crippen LogP contribution in [0.25, 0.3) is 5.57 Å². The number of aliphatic hydroxyl groups excluding tert-OH is 2. The van der Waals surface area contributed by atoms with Gasteiger partial charge in [0.25, 0.3) is 5.91 Å². The number of carbonyl (C=O) groups is 2. The normalized spacial score (nSPS) is 18.8. The summed E-state index contributed by atoms with van der Waals surface area (Å²) in [5.41, 5.74) is 2.57. The Balaban J connectivity index is 1.56. The van der Waals surface area contributed by atoms with E-state index in [1.807, 2.05) is 63.2 Å². The van der Waals surface area contributed by atoms with Gasteiger partial charge in [0.15, 0.2) is 0 Å². The van der Waals surface area contributed by atoms with Crippen molar-refractivity contribution >= 4 is 50.0 Å². The molecule has 46 heavy (non-hydrogen) atoms. The highest BCUT2D eigenvalue weighted by Gasteiger charge is 2.34. The molecule has 0 saturated carbocycles. The molecule has 11 nitrogen and oxygen atoms in total. The van der Waals surface area contributed by atoms with Gasteiger partial charge in [0.1, 0.15) is 11.8 Å². The number of anilines is 1. The van der Waals surface area contributed by atoms with Gasteiger partial charge in [0.05, 0.1) is 43.0 Å². The summed E-state index contributed by atoms with van der Waals surface area (Å²) in [4.78, 5) is 30.0. The Bertz CT molecular complexity index is 1610. The molecule has 0 spiro atoms. The van der Waals surface area contributed by atoms with Crippen molar-refractivity contribution in [3.63, 3.8) is 0 Å². The van der Waals surface area contributed by atoms with Gasteiger partial charge in [-0.2, -0.15) is 8.42 Å². The highest BCUT2D eigenvalue weighted by Crippen LogP contribution is 2.38. The number of benzene rings is 2. The van der Waals surface area contributed by atoms with Crippen molar-refractivity contribution < 1.29 is 33.0 Å². The summed E-state index contributed by atoms with van der Waals surface area (Å²) in [5, 5.41) is 28.1. The molecule has 2 aromatic carbocycles. The molecule has 0 radical (unpaired) electrons. The maximum atomic E-state index is 14.1. The number of aliphatic hydroxyl groups is 2. The summed E-state index contributed by atoms with van der Waals surface area (Å²) < 4.78 is 29.2. The van der Waals surface area contributed by atoms with Gasteiger partial charge in [0, 0.05) is 29.2 Å². The van der Waals surface area contributed by atoms with Crippen LogP contribution in [0.3, 0.4) is 0 Å². The van der Waals surface area contributed by atoms with Crippen LogP contribution in [0.2, 0.25) is 0 Å². The van der Waals surface area contributed by atoms with E-state index in [1.54, 1.807) is 30.2 Å². The number of carbonyl (C=O) groups excluding carboxylic acids is 2. The summed E-state index contributed by atoms with van der Waals surface area (Å²) in [5.74, 6) is 0.413. The molecule has 0 aromatic heterocycles. The topological polar surface area (TPSA) is 157 Å². The molecule has 0 bridgehead atoms. The zero-order valence-corrected chi connectivity index (χ0v) is 28.1. The monoisotopic (exact) mass is 670 g/mol. The fourth-order valence-electron chi connectivity index (χ4n) is 5.35. The van der Waals surface area contributed by atoms with E-state index in [1.165, 1.54) is 11.8 Å². The van der Waals surface area contributed by atoms with Crippen molar-refractivity contribution in [2.45, 2.75) is 62.4 Å². The lowest BCUT2D eigenvalue weighted by molar-refractivity contribution is -0.128. The maximum absolute atomic E-state index is 14.1. The fourth-order valence-corrected chi connectivity index (χ4v) is 7.04. The van der Waals surface area contributed by atoms with Crippen LogP contribution in [-0.4, -0.2) is 91.6 Å². The quantitative estimate of drug-likeness (QED) is 0.200. The number of likely N-dealkylation sites (N-methyl/N-ethyl adjacent to an activating group) is 1. The van der Waals surface area contributed by atoms with Crippen LogP contribution < -0.4 is 25.6 Å². The van der Waals surface area contributed by atoms with Crippen LogP contribution in [0.1, 0.15) is 38.3 Å². The van der Waals surface area contributed by atoms with E-state index in [4.69, 9.17) is 9.84 Å². The minimum absolute atomic E-state index is 0.0554. The molecule has 1 aliphatic carbocycles. The van der Waals surface area contributed by atoms with Gasteiger partial charge in [-0.3, -0.25) is 9.59 Å². The van der Waals surface area contributed by atoms with Crippen LogP contribution in [0.4, 0.5) is 5.69 Å².